The number of aromatic nitrogens is 2. The lowest BCUT2D eigenvalue weighted by molar-refractivity contribution is 0.0756. The first kappa shape index (κ1) is 19.0. The van der Waals surface area contributed by atoms with Gasteiger partial charge >= 0.3 is 0 Å². The van der Waals surface area contributed by atoms with Crippen molar-refractivity contribution >= 4 is 5.91 Å². The summed E-state index contributed by atoms with van der Waals surface area (Å²) in [5.41, 5.74) is 2.59. The van der Waals surface area contributed by atoms with Gasteiger partial charge in [-0.3, -0.25) is 4.79 Å². The van der Waals surface area contributed by atoms with Crippen LogP contribution < -0.4 is 10.1 Å². The van der Waals surface area contributed by atoms with Gasteiger partial charge in [-0.15, -0.1) is 0 Å². The van der Waals surface area contributed by atoms with E-state index in [1.165, 1.54) is 0 Å². The zero-order valence-electron chi connectivity index (χ0n) is 15.4. The van der Waals surface area contributed by atoms with Gasteiger partial charge in [0.15, 0.2) is 6.73 Å². The Morgan fingerprint density at radius 3 is 2.84 bits per heavy atom. The maximum absolute atomic E-state index is 12.1. The lowest BCUT2D eigenvalue weighted by Gasteiger charge is -2.10. The molecule has 1 N–H and O–H groups in total. The van der Waals surface area contributed by atoms with Crippen molar-refractivity contribution < 1.29 is 14.3 Å². The largest absolute Gasteiger partial charge is 0.471 e. The van der Waals surface area contributed by atoms with Crippen LogP contribution in [-0.4, -0.2) is 34.9 Å². The van der Waals surface area contributed by atoms with Gasteiger partial charge in [-0.2, -0.15) is 5.10 Å². The molecule has 1 aromatic carbocycles. The van der Waals surface area contributed by atoms with Gasteiger partial charge in [0.25, 0.3) is 5.91 Å². The number of nitrogens with zero attached hydrogens (tertiary/aromatic N) is 2. The number of amides is 1. The van der Waals surface area contributed by atoms with E-state index >= 15 is 0 Å². The minimum atomic E-state index is -0.185. The second-order valence-electron chi connectivity index (χ2n) is 6.31. The zero-order valence-corrected chi connectivity index (χ0v) is 15.4. The van der Waals surface area contributed by atoms with E-state index in [2.05, 4.69) is 10.4 Å². The van der Waals surface area contributed by atoms with Crippen molar-refractivity contribution in [3.05, 3.63) is 47.3 Å². The number of benzene rings is 1. The Balaban J connectivity index is 1.79. The molecule has 25 heavy (non-hydrogen) atoms. The molecule has 6 nitrogen and oxygen atoms in total. The number of ether oxygens (including phenoxy) is 2. The van der Waals surface area contributed by atoms with E-state index in [4.69, 9.17) is 9.47 Å². The lowest BCUT2D eigenvalue weighted by Crippen LogP contribution is -2.26. The minimum absolute atomic E-state index is 0.185. The molecule has 0 aliphatic heterocycles. The quantitative estimate of drug-likeness (QED) is 0.709. The lowest BCUT2D eigenvalue weighted by atomic mass is 10.1. The van der Waals surface area contributed by atoms with Gasteiger partial charge in [-0.1, -0.05) is 12.1 Å². The maximum Gasteiger partial charge on any atom is 0.271 e. The van der Waals surface area contributed by atoms with E-state index in [0.717, 1.165) is 23.3 Å². The van der Waals surface area contributed by atoms with Gasteiger partial charge in [-0.25, -0.2) is 4.68 Å². The van der Waals surface area contributed by atoms with E-state index in [1.54, 1.807) is 16.9 Å². The fourth-order valence-electron chi connectivity index (χ4n) is 2.24. The van der Waals surface area contributed by atoms with E-state index in [1.807, 2.05) is 45.9 Å². The Hall–Kier alpha value is -2.34. The molecule has 1 heterocycles. The number of carbonyl (C=O) groups excluding carboxylic acids is 1. The smallest absolute Gasteiger partial charge is 0.271 e. The molecule has 136 valence electrons. The molecule has 0 saturated carbocycles. The van der Waals surface area contributed by atoms with Crippen molar-refractivity contribution in [1.29, 1.82) is 0 Å². The summed E-state index contributed by atoms with van der Waals surface area (Å²) < 4.78 is 12.8. The fourth-order valence-corrected chi connectivity index (χ4v) is 2.24. The molecule has 0 fully saturated rings. The van der Waals surface area contributed by atoms with E-state index in [-0.39, 0.29) is 18.7 Å². The summed E-state index contributed by atoms with van der Waals surface area (Å²) in [6, 6.07) is 7.75. The van der Waals surface area contributed by atoms with Gasteiger partial charge in [0.2, 0.25) is 0 Å². The van der Waals surface area contributed by atoms with Crippen LogP contribution in [0.4, 0.5) is 0 Å². The third-order valence-corrected chi connectivity index (χ3v) is 3.63. The molecule has 0 bridgehead atoms. The number of carbonyl (C=O) groups is 1. The van der Waals surface area contributed by atoms with Crippen LogP contribution in [0.3, 0.4) is 0 Å². The highest BCUT2D eigenvalue weighted by Gasteiger charge is 2.09. The summed E-state index contributed by atoms with van der Waals surface area (Å²) in [7, 11) is 0. The number of aryl methyl sites for hydroxylation is 2. The van der Waals surface area contributed by atoms with E-state index < -0.39 is 0 Å². The molecule has 0 aliphatic rings. The first-order valence-corrected chi connectivity index (χ1v) is 8.59. The molecular formula is C19H27N3O3. The second kappa shape index (κ2) is 9.22. The third kappa shape index (κ3) is 6.23. The summed E-state index contributed by atoms with van der Waals surface area (Å²) in [4.78, 5) is 12.1. The molecule has 1 amide bonds. The van der Waals surface area contributed by atoms with Crippen molar-refractivity contribution in [3.8, 4) is 5.75 Å². The van der Waals surface area contributed by atoms with E-state index in [9.17, 15) is 4.79 Å². The highest BCUT2D eigenvalue weighted by Crippen LogP contribution is 2.19. The molecule has 0 aliphatic carbocycles. The molecule has 2 rings (SSSR count). The molecule has 6 heteroatoms. The summed E-state index contributed by atoms with van der Waals surface area (Å²) in [5, 5.41) is 7.09. The van der Waals surface area contributed by atoms with Gasteiger partial charge in [0, 0.05) is 19.3 Å². The summed E-state index contributed by atoms with van der Waals surface area (Å²) in [6.07, 6.45) is 2.73. The predicted octanol–water partition coefficient (Wildman–Crippen LogP) is 3.08. The van der Waals surface area contributed by atoms with Crippen molar-refractivity contribution in [1.82, 2.24) is 15.1 Å². The Kier molecular flexibility index (Phi) is 7.01. The van der Waals surface area contributed by atoms with Crippen molar-refractivity contribution in [2.24, 2.45) is 0 Å². The molecule has 0 saturated heterocycles. The topological polar surface area (TPSA) is 65.4 Å². The third-order valence-electron chi connectivity index (χ3n) is 3.63. The first-order chi connectivity index (χ1) is 12.0. The van der Waals surface area contributed by atoms with Gasteiger partial charge in [-0.05, 0) is 57.4 Å². The zero-order chi connectivity index (χ0) is 18.2. The second-order valence-corrected chi connectivity index (χ2v) is 6.31. The molecule has 0 spiro atoms. The highest BCUT2D eigenvalue weighted by molar-refractivity contribution is 5.92. The number of hydrogen-bond acceptors (Lipinski definition) is 4. The van der Waals surface area contributed by atoms with Crippen molar-refractivity contribution in [2.45, 2.75) is 47.0 Å². The summed E-state index contributed by atoms with van der Waals surface area (Å²) >= 11 is 0. The van der Waals surface area contributed by atoms with Crippen LogP contribution in [0.2, 0.25) is 0 Å². The molecule has 0 atom stereocenters. The van der Waals surface area contributed by atoms with Crippen LogP contribution in [0, 0.1) is 13.8 Å². The Bertz CT molecular complexity index is 695. The van der Waals surface area contributed by atoms with Gasteiger partial charge in [0.1, 0.15) is 11.4 Å². The van der Waals surface area contributed by atoms with Crippen molar-refractivity contribution in [3.63, 3.8) is 0 Å². The average molecular weight is 345 g/mol. The SMILES string of the molecule is Cc1ccc(C)c(OCn2ccc(C(=O)NCCCOC(C)C)n2)c1. The molecule has 1 aromatic heterocycles. The summed E-state index contributed by atoms with van der Waals surface area (Å²) in [6.45, 7) is 9.47. The Morgan fingerprint density at radius 2 is 2.08 bits per heavy atom. The maximum atomic E-state index is 12.1. The normalized spacial score (nSPS) is 10.9. The van der Waals surface area contributed by atoms with Crippen LogP contribution in [-0.2, 0) is 11.5 Å². The number of nitrogens with one attached hydrogen (secondary N) is 1. The molecule has 2 aromatic rings. The van der Waals surface area contributed by atoms with Gasteiger partial charge in [0.05, 0.1) is 6.10 Å². The van der Waals surface area contributed by atoms with Crippen molar-refractivity contribution in [2.75, 3.05) is 13.2 Å². The van der Waals surface area contributed by atoms with Gasteiger partial charge < -0.3 is 14.8 Å². The van der Waals surface area contributed by atoms with Crippen LogP contribution in [0.25, 0.3) is 0 Å². The molecular weight excluding hydrogens is 318 g/mol. The van der Waals surface area contributed by atoms with Crippen LogP contribution >= 0.6 is 0 Å². The molecule has 0 unspecified atom stereocenters. The van der Waals surface area contributed by atoms with Crippen LogP contribution in [0.5, 0.6) is 5.75 Å². The first-order valence-electron chi connectivity index (χ1n) is 8.59. The Morgan fingerprint density at radius 1 is 1.28 bits per heavy atom. The Labute approximate surface area is 149 Å². The fraction of sp³-hybridized carbons (Fsp3) is 0.474. The van der Waals surface area contributed by atoms with Crippen LogP contribution in [0.15, 0.2) is 30.5 Å². The standard InChI is InChI=1S/C19H27N3O3/c1-14(2)24-11-5-9-20-19(23)17-8-10-22(21-17)13-25-18-12-15(3)6-7-16(18)4/h6-8,10,12,14H,5,9,11,13H2,1-4H3,(H,20,23). The summed E-state index contributed by atoms with van der Waals surface area (Å²) in [5.74, 6) is 0.640. The average Bonchev–Trinajstić information content (AvgIpc) is 3.04. The van der Waals surface area contributed by atoms with E-state index in [0.29, 0.717) is 18.8 Å². The number of rotatable bonds is 9. The molecule has 0 radical (unpaired) electrons. The predicted molar refractivity (Wildman–Crippen MR) is 96.8 cm³/mol. The minimum Gasteiger partial charge on any atom is -0.471 e. The highest BCUT2D eigenvalue weighted by atomic mass is 16.5. The monoisotopic (exact) mass is 345 g/mol. The van der Waals surface area contributed by atoms with Crippen LogP contribution in [0.1, 0.15) is 41.9 Å². The number of hydrogen-bond donors (Lipinski definition) is 1.